The van der Waals surface area contributed by atoms with Gasteiger partial charge in [-0.2, -0.15) is 13.2 Å². The van der Waals surface area contributed by atoms with Crippen LogP contribution in [0.5, 0.6) is 5.75 Å². The third-order valence-corrected chi connectivity index (χ3v) is 2.23. The van der Waals surface area contributed by atoms with E-state index in [1.54, 1.807) is 0 Å². The summed E-state index contributed by atoms with van der Waals surface area (Å²) in [5, 5.41) is 2.78. The predicted octanol–water partition coefficient (Wildman–Crippen LogP) is 2.68. The molecule has 1 N–H and O–H groups in total. The zero-order valence-corrected chi connectivity index (χ0v) is 10.1. The normalized spacial score (nSPS) is 15.6. The molecule has 1 aromatic rings. The van der Waals surface area contributed by atoms with Gasteiger partial charge in [-0.15, -0.1) is 12.8 Å². The van der Waals surface area contributed by atoms with Crippen molar-refractivity contribution in [3.05, 3.63) is 29.8 Å². The summed E-state index contributed by atoms with van der Waals surface area (Å²) in [6, 6.07) is 7.90. The van der Waals surface area contributed by atoms with Crippen molar-refractivity contribution in [2.75, 3.05) is 6.61 Å². The lowest BCUT2D eigenvalue weighted by Gasteiger charge is -2.24. The van der Waals surface area contributed by atoms with E-state index in [9.17, 15) is 18.0 Å². The molecule has 1 aromatic carbocycles. The molecule has 104 valence electrons. The van der Waals surface area contributed by atoms with E-state index in [4.69, 9.17) is 4.74 Å². The maximum absolute atomic E-state index is 10.3. The van der Waals surface area contributed by atoms with Crippen molar-refractivity contribution in [3.8, 4) is 18.6 Å². The second-order valence-electron chi connectivity index (χ2n) is 3.26. The molecule has 0 unspecified atom stereocenters. The minimum atomic E-state index is -3.67. The summed E-state index contributed by atoms with van der Waals surface area (Å²) in [5.41, 5.74) is 1.07. The monoisotopic (exact) mass is 273 g/mol. The lowest BCUT2D eigenvalue weighted by atomic mass is 10.0. The highest BCUT2D eigenvalue weighted by Crippen LogP contribution is 2.30. The number of terminal acetylenes is 1. The van der Waals surface area contributed by atoms with Crippen LogP contribution < -0.4 is 10.1 Å². The van der Waals surface area contributed by atoms with Gasteiger partial charge in [0.15, 0.2) is 0 Å². The van der Waals surface area contributed by atoms with Crippen LogP contribution in [0.25, 0.3) is 0 Å². The van der Waals surface area contributed by atoms with Gasteiger partial charge in [0.2, 0.25) is 6.41 Å². The number of para-hydroxylation sites is 1. The van der Waals surface area contributed by atoms with Crippen LogP contribution in [0.3, 0.4) is 0 Å². The SMILES string of the molecule is C#C.FC(F)F.O=CN[C@H]1CCOc2ccccc21. The Kier molecular flexibility index (Phi) is 8.71. The van der Waals surface area contributed by atoms with Crippen molar-refractivity contribution >= 4 is 6.41 Å². The van der Waals surface area contributed by atoms with Gasteiger partial charge in [-0.05, 0) is 6.07 Å². The number of amides is 1. The third-order valence-electron chi connectivity index (χ3n) is 2.23. The topological polar surface area (TPSA) is 38.3 Å². The number of fused-ring (bicyclic) bond motifs is 1. The summed E-state index contributed by atoms with van der Waals surface area (Å²) in [4.78, 5) is 10.3. The van der Waals surface area contributed by atoms with Gasteiger partial charge in [0.1, 0.15) is 5.75 Å². The number of benzene rings is 1. The molecular weight excluding hydrogens is 259 g/mol. The van der Waals surface area contributed by atoms with Crippen molar-refractivity contribution in [1.82, 2.24) is 5.32 Å². The van der Waals surface area contributed by atoms with E-state index >= 15 is 0 Å². The van der Waals surface area contributed by atoms with Gasteiger partial charge < -0.3 is 10.1 Å². The van der Waals surface area contributed by atoms with Gasteiger partial charge >= 0.3 is 6.68 Å². The highest BCUT2D eigenvalue weighted by molar-refractivity contribution is 5.49. The van der Waals surface area contributed by atoms with Crippen LogP contribution in [0.15, 0.2) is 24.3 Å². The lowest BCUT2D eigenvalue weighted by Crippen LogP contribution is -2.25. The third kappa shape index (κ3) is 6.36. The molecule has 2 rings (SSSR count). The molecule has 19 heavy (non-hydrogen) atoms. The summed E-state index contributed by atoms with van der Waals surface area (Å²) in [6.07, 6.45) is 9.59. The van der Waals surface area contributed by atoms with Crippen molar-refractivity contribution in [3.63, 3.8) is 0 Å². The Morgan fingerprint density at radius 2 is 1.89 bits per heavy atom. The number of carbonyl (C=O) groups excluding carboxylic acids is 1. The molecule has 0 aliphatic carbocycles. The van der Waals surface area contributed by atoms with Gasteiger partial charge in [0.05, 0.1) is 12.6 Å². The summed E-state index contributed by atoms with van der Waals surface area (Å²) < 4.78 is 34.4. The molecule has 1 amide bonds. The van der Waals surface area contributed by atoms with Crippen molar-refractivity contribution < 1.29 is 22.7 Å². The molecule has 0 fully saturated rings. The molecular formula is C13H14F3NO2. The predicted molar refractivity (Wildman–Crippen MR) is 65.5 cm³/mol. The summed E-state index contributed by atoms with van der Waals surface area (Å²) in [5.74, 6) is 0.883. The first-order valence-corrected chi connectivity index (χ1v) is 5.32. The average molecular weight is 273 g/mol. The molecule has 0 aromatic heterocycles. The highest BCUT2D eigenvalue weighted by Gasteiger charge is 2.19. The molecule has 1 atom stereocenters. The van der Waals surface area contributed by atoms with Gasteiger partial charge in [0.25, 0.3) is 0 Å². The fourth-order valence-electron chi connectivity index (χ4n) is 1.60. The van der Waals surface area contributed by atoms with Gasteiger partial charge in [0, 0.05) is 12.0 Å². The zero-order chi connectivity index (χ0) is 14.7. The quantitative estimate of drug-likeness (QED) is 0.664. The Morgan fingerprint density at radius 1 is 1.32 bits per heavy atom. The highest BCUT2D eigenvalue weighted by atomic mass is 19.4. The number of carbonyl (C=O) groups is 1. The maximum Gasteiger partial charge on any atom is 0.379 e. The van der Waals surface area contributed by atoms with Gasteiger partial charge in [-0.1, -0.05) is 18.2 Å². The molecule has 3 nitrogen and oxygen atoms in total. The van der Waals surface area contributed by atoms with Crippen LogP contribution in [0.4, 0.5) is 13.2 Å². The molecule has 0 saturated heterocycles. The van der Waals surface area contributed by atoms with Crippen LogP contribution in [-0.2, 0) is 4.79 Å². The van der Waals surface area contributed by atoms with Gasteiger partial charge in [-0.3, -0.25) is 4.79 Å². The first kappa shape index (κ1) is 16.8. The number of halogens is 3. The van der Waals surface area contributed by atoms with E-state index < -0.39 is 6.68 Å². The second-order valence-corrected chi connectivity index (χ2v) is 3.26. The Bertz CT molecular complexity index is 394. The van der Waals surface area contributed by atoms with E-state index in [1.807, 2.05) is 24.3 Å². The Morgan fingerprint density at radius 3 is 2.47 bits per heavy atom. The smallest absolute Gasteiger partial charge is 0.379 e. The molecule has 1 aliphatic rings. The molecule has 1 aliphatic heterocycles. The summed E-state index contributed by atoms with van der Waals surface area (Å²) >= 11 is 0. The molecule has 0 spiro atoms. The van der Waals surface area contributed by atoms with Crippen LogP contribution in [0.1, 0.15) is 18.0 Å². The van der Waals surface area contributed by atoms with E-state index in [0.29, 0.717) is 6.61 Å². The number of rotatable bonds is 2. The molecule has 6 heteroatoms. The number of ether oxygens (including phenoxy) is 1. The van der Waals surface area contributed by atoms with E-state index in [2.05, 4.69) is 18.2 Å². The largest absolute Gasteiger partial charge is 0.493 e. The van der Waals surface area contributed by atoms with E-state index in [0.717, 1.165) is 24.1 Å². The van der Waals surface area contributed by atoms with Crippen LogP contribution in [-0.4, -0.2) is 19.7 Å². The minimum Gasteiger partial charge on any atom is -0.493 e. The maximum atomic E-state index is 10.3. The summed E-state index contributed by atoms with van der Waals surface area (Å²) in [7, 11) is 0. The van der Waals surface area contributed by atoms with Crippen LogP contribution >= 0.6 is 0 Å². The first-order chi connectivity index (χ1) is 9.15. The average Bonchev–Trinajstić information content (AvgIpc) is 2.41. The molecule has 1 heterocycles. The first-order valence-electron chi connectivity index (χ1n) is 5.32. The van der Waals surface area contributed by atoms with E-state index in [1.165, 1.54) is 0 Å². The van der Waals surface area contributed by atoms with Crippen molar-refractivity contribution in [2.24, 2.45) is 0 Å². The standard InChI is InChI=1S/C10H11NO2.C2H2.CHF3/c12-7-11-9-5-6-13-10-4-2-1-3-8(9)10;1-2;2-1(3)4/h1-4,7,9H,5-6H2,(H,11,12);1-2H;1H/t9-;;/m0../s1. The molecule has 0 radical (unpaired) electrons. The number of alkyl halides is 3. The lowest BCUT2D eigenvalue weighted by molar-refractivity contribution is -0.110. The second kappa shape index (κ2) is 9.83. The van der Waals surface area contributed by atoms with Crippen molar-refractivity contribution in [2.45, 2.75) is 19.1 Å². The number of hydrogen-bond acceptors (Lipinski definition) is 2. The zero-order valence-electron chi connectivity index (χ0n) is 10.1. The molecule has 0 bridgehead atoms. The number of hydrogen-bond donors (Lipinski definition) is 1. The fourth-order valence-corrected chi connectivity index (χ4v) is 1.60. The fraction of sp³-hybridized carbons (Fsp3) is 0.308. The Labute approximate surface area is 109 Å². The summed E-state index contributed by atoms with van der Waals surface area (Å²) in [6.45, 7) is -3.00. The Balaban J connectivity index is 0.000000467. The van der Waals surface area contributed by atoms with E-state index in [-0.39, 0.29) is 6.04 Å². The van der Waals surface area contributed by atoms with Gasteiger partial charge in [-0.25, -0.2) is 0 Å². The van der Waals surface area contributed by atoms with Crippen LogP contribution in [0, 0.1) is 12.8 Å². The Hall–Kier alpha value is -2.16. The number of nitrogens with one attached hydrogen (secondary N) is 1. The van der Waals surface area contributed by atoms with Crippen LogP contribution in [0.2, 0.25) is 0 Å². The van der Waals surface area contributed by atoms with Crippen molar-refractivity contribution in [1.29, 1.82) is 0 Å². The minimum absolute atomic E-state index is 0.113. The molecule has 0 saturated carbocycles.